The maximum absolute atomic E-state index is 11.4. The van der Waals surface area contributed by atoms with Gasteiger partial charge in [-0.3, -0.25) is 4.99 Å². The van der Waals surface area contributed by atoms with Crippen LogP contribution >= 0.6 is 31.9 Å². The number of nitrogens with zero attached hydrogens (tertiary/aromatic N) is 1. The van der Waals surface area contributed by atoms with E-state index in [1.54, 1.807) is 30.5 Å². The molecular formula is C22H17Br2NO3. The first-order valence-electron chi connectivity index (χ1n) is 8.44. The average molecular weight is 503 g/mol. The van der Waals surface area contributed by atoms with Crippen LogP contribution in [0.3, 0.4) is 0 Å². The van der Waals surface area contributed by atoms with Gasteiger partial charge in [-0.2, -0.15) is 0 Å². The summed E-state index contributed by atoms with van der Waals surface area (Å²) in [7, 11) is 1.36. The van der Waals surface area contributed by atoms with Crippen molar-refractivity contribution in [3.05, 3.63) is 92.4 Å². The van der Waals surface area contributed by atoms with Gasteiger partial charge in [0.05, 0.1) is 18.4 Å². The molecule has 142 valence electrons. The topological polar surface area (TPSA) is 47.9 Å². The standard InChI is InChI=1S/C22H17Br2NO3/c1-27-22(26)16-5-8-19(9-6-16)25-13-15-2-10-20(11-3-15)28-14-17-4-7-18(23)12-21(17)24/h2-13H,14H2,1H3. The van der Waals surface area contributed by atoms with E-state index in [1.165, 1.54) is 7.11 Å². The number of rotatable bonds is 6. The number of benzene rings is 3. The molecule has 0 radical (unpaired) electrons. The van der Waals surface area contributed by atoms with E-state index in [0.29, 0.717) is 12.2 Å². The minimum Gasteiger partial charge on any atom is -0.489 e. The molecule has 28 heavy (non-hydrogen) atoms. The van der Waals surface area contributed by atoms with Gasteiger partial charge in [-0.05, 0) is 66.2 Å². The highest BCUT2D eigenvalue weighted by atomic mass is 79.9. The zero-order valence-corrected chi connectivity index (χ0v) is 18.2. The number of hydrogen-bond acceptors (Lipinski definition) is 4. The number of hydrogen-bond donors (Lipinski definition) is 0. The molecule has 0 aromatic heterocycles. The van der Waals surface area contributed by atoms with Crippen LogP contribution in [0.25, 0.3) is 0 Å². The summed E-state index contributed by atoms with van der Waals surface area (Å²) in [6, 6.07) is 20.6. The molecule has 0 fully saturated rings. The predicted octanol–water partition coefficient (Wildman–Crippen LogP) is 6.33. The Hall–Kier alpha value is -2.44. The molecule has 6 heteroatoms. The van der Waals surface area contributed by atoms with Crippen molar-refractivity contribution >= 4 is 49.7 Å². The van der Waals surface area contributed by atoms with Gasteiger partial charge in [0, 0.05) is 20.7 Å². The van der Waals surface area contributed by atoms with E-state index < -0.39 is 0 Å². The van der Waals surface area contributed by atoms with E-state index in [0.717, 1.165) is 31.5 Å². The molecule has 0 spiro atoms. The van der Waals surface area contributed by atoms with Crippen LogP contribution in [0.2, 0.25) is 0 Å². The fraction of sp³-hybridized carbons (Fsp3) is 0.0909. The molecule has 0 N–H and O–H groups in total. The van der Waals surface area contributed by atoms with Gasteiger partial charge in [0.1, 0.15) is 12.4 Å². The van der Waals surface area contributed by atoms with Gasteiger partial charge >= 0.3 is 5.97 Å². The maximum Gasteiger partial charge on any atom is 0.337 e. The van der Waals surface area contributed by atoms with Crippen molar-refractivity contribution in [1.29, 1.82) is 0 Å². The lowest BCUT2D eigenvalue weighted by molar-refractivity contribution is 0.0601. The molecule has 0 amide bonds. The number of ether oxygens (including phenoxy) is 2. The minimum absolute atomic E-state index is 0.360. The van der Waals surface area contributed by atoms with Crippen LogP contribution in [0.5, 0.6) is 5.75 Å². The lowest BCUT2D eigenvalue weighted by atomic mass is 10.2. The summed E-state index contributed by atoms with van der Waals surface area (Å²) in [6.45, 7) is 0.480. The zero-order chi connectivity index (χ0) is 19.9. The van der Waals surface area contributed by atoms with Gasteiger partial charge in [-0.15, -0.1) is 0 Å². The van der Waals surface area contributed by atoms with Crippen LogP contribution in [0.4, 0.5) is 5.69 Å². The molecule has 0 unspecified atom stereocenters. The lowest BCUT2D eigenvalue weighted by Crippen LogP contribution is -1.99. The molecule has 0 saturated heterocycles. The molecule has 0 bridgehead atoms. The van der Waals surface area contributed by atoms with Crippen molar-refractivity contribution in [2.75, 3.05) is 7.11 Å². The molecule has 4 nitrogen and oxygen atoms in total. The fourth-order valence-electron chi connectivity index (χ4n) is 2.40. The molecule has 0 atom stereocenters. The molecule has 3 rings (SSSR count). The van der Waals surface area contributed by atoms with Gasteiger partial charge in [0.15, 0.2) is 0 Å². The number of esters is 1. The smallest absolute Gasteiger partial charge is 0.337 e. The Labute approximate surface area is 180 Å². The van der Waals surface area contributed by atoms with E-state index in [4.69, 9.17) is 4.74 Å². The van der Waals surface area contributed by atoms with E-state index in [1.807, 2.05) is 42.5 Å². The molecule has 0 aliphatic rings. The number of halogens is 2. The summed E-state index contributed by atoms with van der Waals surface area (Å²) in [5.41, 5.74) is 3.28. The third kappa shape index (κ3) is 5.53. The molecular weight excluding hydrogens is 486 g/mol. The summed E-state index contributed by atoms with van der Waals surface area (Å²) in [6.07, 6.45) is 1.77. The number of aliphatic imine (C=N–C) groups is 1. The molecule has 0 aliphatic heterocycles. The van der Waals surface area contributed by atoms with Crippen molar-refractivity contribution in [2.24, 2.45) is 4.99 Å². The van der Waals surface area contributed by atoms with E-state index in [2.05, 4.69) is 41.6 Å². The maximum atomic E-state index is 11.4. The third-order valence-corrected chi connectivity index (χ3v) is 5.17. The summed E-state index contributed by atoms with van der Waals surface area (Å²) < 4.78 is 12.5. The Bertz CT molecular complexity index is 984. The molecule has 3 aromatic carbocycles. The van der Waals surface area contributed by atoms with E-state index in [-0.39, 0.29) is 5.97 Å². The van der Waals surface area contributed by atoms with Crippen molar-refractivity contribution < 1.29 is 14.3 Å². The van der Waals surface area contributed by atoms with Gasteiger partial charge in [-0.1, -0.05) is 37.9 Å². The second kappa shape index (κ2) is 9.66. The van der Waals surface area contributed by atoms with Crippen LogP contribution in [-0.2, 0) is 11.3 Å². The highest BCUT2D eigenvalue weighted by Gasteiger charge is 2.04. The Kier molecular flexibility index (Phi) is 7.01. The summed E-state index contributed by atoms with van der Waals surface area (Å²) >= 11 is 6.98. The Balaban J connectivity index is 1.59. The summed E-state index contributed by atoms with van der Waals surface area (Å²) in [5.74, 6) is 0.427. The monoisotopic (exact) mass is 501 g/mol. The summed E-state index contributed by atoms with van der Waals surface area (Å²) in [4.78, 5) is 15.9. The van der Waals surface area contributed by atoms with Crippen molar-refractivity contribution in [1.82, 2.24) is 0 Å². The first-order valence-corrected chi connectivity index (χ1v) is 10.0. The van der Waals surface area contributed by atoms with Crippen LogP contribution in [0, 0.1) is 0 Å². The zero-order valence-electron chi connectivity index (χ0n) is 15.1. The van der Waals surface area contributed by atoms with Gasteiger partial charge in [0.25, 0.3) is 0 Å². The highest BCUT2D eigenvalue weighted by Crippen LogP contribution is 2.23. The number of methoxy groups -OCH3 is 1. The van der Waals surface area contributed by atoms with Crippen molar-refractivity contribution in [2.45, 2.75) is 6.61 Å². The van der Waals surface area contributed by atoms with Crippen LogP contribution < -0.4 is 4.74 Å². The van der Waals surface area contributed by atoms with Crippen molar-refractivity contribution in [3.8, 4) is 5.75 Å². The molecule has 0 saturated carbocycles. The Morgan fingerprint density at radius 3 is 2.36 bits per heavy atom. The molecule has 3 aromatic rings. The predicted molar refractivity (Wildman–Crippen MR) is 118 cm³/mol. The second-order valence-electron chi connectivity index (χ2n) is 5.89. The Morgan fingerprint density at radius 2 is 1.71 bits per heavy atom. The van der Waals surface area contributed by atoms with Gasteiger partial charge in [0.2, 0.25) is 0 Å². The molecule has 0 aliphatic carbocycles. The van der Waals surface area contributed by atoms with Crippen LogP contribution in [-0.4, -0.2) is 19.3 Å². The van der Waals surface area contributed by atoms with E-state index >= 15 is 0 Å². The van der Waals surface area contributed by atoms with Crippen molar-refractivity contribution in [3.63, 3.8) is 0 Å². The second-order valence-corrected chi connectivity index (χ2v) is 7.66. The summed E-state index contributed by atoms with van der Waals surface area (Å²) in [5, 5.41) is 0. The fourth-order valence-corrected chi connectivity index (χ4v) is 3.56. The third-order valence-electron chi connectivity index (χ3n) is 3.94. The lowest BCUT2D eigenvalue weighted by Gasteiger charge is -2.08. The average Bonchev–Trinajstić information content (AvgIpc) is 2.72. The SMILES string of the molecule is COC(=O)c1ccc(N=Cc2ccc(OCc3ccc(Br)cc3Br)cc2)cc1. The highest BCUT2D eigenvalue weighted by molar-refractivity contribution is 9.11. The van der Waals surface area contributed by atoms with Gasteiger partial charge < -0.3 is 9.47 Å². The van der Waals surface area contributed by atoms with Crippen LogP contribution in [0.15, 0.2) is 80.7 Å². The quantitative estimate of drug-likeness (QED) is 0.292. The number of carbonyl (C=O) groups excluding carboxylic acids is 1. The largest absolute Gasteiger partial charge is 0.489 e. The van der Waals surface area contributed by atoms with E-state index in [9.17, 15) is 4.79 Å². The Morgan fingerprint density at radius 1 is 1.00 bits per heavy atom. The van der Waals surface area contributed by atoms with Crippen LogP contribution in [0.1, 0.15) is 21.5 Å². The first-order chi connectivity index (χ1) is 13.5. The van der Waals surface area contributed by atoms with Gasteiger partial charge in [-0.25, -0.2) is 4.79 Å². The molecule has 0 heterocycles. The number of carbonyl (C=O) groups is 1. The minimum atomic E-state index is -0.360. The first kappa shape index (κ1) is 20.3. The normalized spacial score (nSPS) is 10.8.